The Morgan fingerprint density at radius 1 is 1.21 bits per heavy atom. The number of carbonyl (C=O) groups is 4. The normalized spacial score (nSPS) is 11.3. The van der Waals surface area contributed by atoms with Crippen molar-refractivity contribution in [1.29, 1.82) is 0 Å². The van der Waals surface area contributed by atoms with E-state index < -0.39 is 35.9 Å². The maximum Gasteiger partial charge on any atom is 0.326 e. The van der Waals surface area contributed by atoms with E-state index in [1.807, 2.05) is 0 Å². The lowest BCUT2D eigenvalue weighted by Crippen LogP contribution is -2.45. The van der Waals surface area contributed by atoms with Crippen molar-refractivity contribution in [1.82, 2.24) is 20.9 Å². The topological polar surface area (TPSA) is 158 Å². The SMILES string of the molecule is O=C(O)CCC(NC(=O)N[CH]CCCCNC(=O)c1ccnc([18F])c1)C(=O)O. The van der Waals surface area contributed by atoms with E-state index in [-0.39, 0.29) is 18.4 Å². The number of pyridine rings is 1. The summed E-state index contributed by atoms with van der Waals surface area (Å²) in [6, 6.07) is 0.394. The predicted octanol–water partition coefficient (Wildman–Crippen LogP) is 0.900. The van der Waals surface area contributed by atoms with Crippen LogP contribution in [0, 0.1) is 12.5 Å². The first-order chi connectivity index (χ1) is 13.3. The molecule has 28 heavy (non-hydrogen) atoms. The maximum absolute atomic E-state index is 12.9. The Labute approximate surface area is 160 Å². The molecular weight excluding hydrogens is 374 g/mol. The molecule has 153 valence electrons. The van der Waals surface area contributed by atoms with E-state index in [0.29, 0.717) is 25.8 Å². The molecule has 0 aliphatic carbocycles. The Morgan fingerprint density at radius 3 is 2.61 bits per heavy atom. The quantitative estimate of drug-likeness (QED) is 0.259. The highest BCUT2D eigenvalue weighted by atomic mass is 18.2. The highest BCUT2D eigenvalue weighted by molar-refractivity contribution is 5.93. The Balaban J connectivity index is 2.14. The molecule has 1 aromatic heterocycles. The summed E-state index contributed by atoms with van der Waals surface area (Å²) in [5.74, 6) is -3.62. The smallest absolute Gasteiger partial charge is 0.326 e. The molecular formula is C17H22FN4O6. The van der Waals surface area contributed by atoms with Gasteiger partial charge in [-0.05, 0) is 31.7 Å². The van der Waals surface area contributed by atoms with E-state index >= 15 is 0 Å². The molecule has 1 aromatic rings. The first-order valence-corrected chi connectivity index (χ1v) is 8.52. The Kier molecular flexibility index (Phi) is 9.94. The number of halogens is 1. The van der Waals surface area contributed by atoms with Crippen LogP contribution in [0.3, 0.4) is 0 Å². The lowest BCUT2D eigenvalue weighted by molar-refractivity contribution is -0.140. The van der Waals surface area contributed by atoms with Gasteiger partial charge in [0, 0.05) is 30.8 Å². The molecule has 5 N–H and O–H groups in total. The van der Waals surface area contributed by atoms with Crippen LogP contribution in [0.5, 0.6) is 0 Å². The first-order valence-electron chi connectivity index (χ1n) is 8.52. The van der Waals surface area contributed by atoms with Crippen LogP contribution in [0.25, 0.3) is 0 Å². The van der Waals surface area contributed by atoms with Crippen LogP contribution in [0.2, 0.25) is 0 Å². The van der Waals surface area contributed by atoms with Gasteiger partial charge in [-0.2, -0.15) is 4.39 Å². The second-order valence-corrected chi connectivity index (χ2v) is 5.76. The highest BCUT2D eigenvalue weighted by Gasteiger charge is 2.20. The van der Waals surface area contributed by atoms with Crippen molar-refractivity contribution in [3.63, 3.8) is 0 Å². The van der Waals surface area contributed by atoms with Crippen LogP contribution in [0.4, 0.5) is 9.18 Å². The van der Waals surface area contributed by atoms with Crippen molar-refractivity contribution < 1.29 is 33.8 Å². The molecule has 10 nitrogen and oxygen atoms in total. The lowest BCUT2D eigenvalue weighted by atomic mass is 10.1. The average molecular weight is 396 g/mol. The molecule has 3 amide bonds. The van der Waals surface area contributed by atoms with Gasteiger partial charge in [0.1, 0.15) is 6.04 Å². The number of nitrogens with zero attached hydrogens (tertiary/aromatic N) is 1. The van der Waals surface area contributed by atoms with E-state index in [9.17, 15) is 23.6 Å². The molecule has 1 heterocycles. The molecule has 0 fully saturated rings. The molecule has 1 radical (unpaired) electrons. The van der Waals surface area contributed by atoms with Gasteiger partial charge >= 0.3 is 18.0 Å². The van der Waals surface area contributed by atoms with Gasteiger partial charge in [-0.15, -0.1) is 0 Å². The molecule has 1 rings (SSSR count). The molecule has 11 heteroatoms. The van der Waals surface area contributed by atoms with Crippen molar-refractivity contribution in [3.05, 3.63) is 36.4 Å². The zero-order valence-electron chi connectivity index (χ0n) is 15.0. The Morgan fingerprint density at radius 2 is 1.96 bits per heavy atom. The van der Waals surface area contributed by atoms with Gasteiger partial charge in [-0.1, -0.05) is 0 Å². The van der Waals surface area contributed by atoms with Crippen molar-refractivity contribution in [2.75, 3.05) is 6.54 Å². The van der Waals surface area contributed by atoms with Crippen molar-refractivity contribution in [2.24, 2.45) is 0 Å². The Bertz CT molecular complexity index is 700. The van der Waals surface area contributed by atoms with Crippen molar-refractivity contribution in [2.45, 2.75) is 38.1 Å². The minimum atomic E-state index is -1.32. The summed E-state index contributed by atoms with van der Waals surface area (Å²) in [6.07, 6.45) is 2.31. The van der Waals surface area contributed by atoms with Crippen molar-refractivity contribution >= 4 is 23.9 Å². The summed E-state index contributed by atoms with van der Waals surface area (Å²) in [6.45, 7) is 1.80. The number of aliphatic carboxylic acids is 2. The van der Waals surface area contributed by atoms with Gasteiger partial charge in [0.05, 0.1) is 6.54 Å². The summed E-state index contributed by atoms with van der Waals surface area (Å²) >= 11 is 0. The number of aromatic nitrogens is 1. The summed E-state index contributed by atoms with van der Waals surface area (Å²) < 4.78 is 12.9. The van der Waals surface area contributed by atoms with Gasteiger partial charge in [0.15, 0.2) is 0 Å². The monoisotopic (exact) mass is 396 g/mol. The van der Waals surface area contributed by atoms with Gasteiger partial charge in [-0.25, -0.2) is 14.6 Å². The summed E-state index contributed by atoms with van der Waals surface area (Å²) in [7, 11) is 0. The van der Waals surface area contributed by atoms with Crippen LogP contribution in [0.1, 0.15) is 42.5 Å². The third kappa shape index (κ3) is 9.46. The Hall–Kier alpha value is -3.24. The molecule has 0 aliphatic heterocycles. The number of hydrogen-bond donors (Lipinski definition) is 5. The number of urea groups is 1. The number of nitrogens with one attached hydrogen (secondary N) is 3. The second-order valence-electron chi connectivity index (χ2n) is 5.76. The van der Waals surface area contributed by atoms with Gasteiger partial charge in [0.25, 0.3) is 5.91 Å². The predicted molar refractivity (Wildman–Crippen MR) is 94.6 cm³/mol. The highest BCUT2D eigenvalue weighted by Crippen LogP contribution is 2.02. The van der Waals surface area contributed by atoms with E-state index in [4.69, 9.17) is 10.2 Å². The third-order valence-corrected chi connectivity index (χ3v) is 3.53. The van der Waals surface area contributed by atoms with Gasteiger partial charge in [-0.3, -0.25) is 9.59 Å². The van der Waals surface area contributed by atoms with E-state index in [2.05, 4.69) is 20.9 Å². The van der Waals surface area contributed by atoms with Gasteiger partial charge in [0.2, 0.25) is 5.95 Å². The van der Waals surface area contributed by atoms with Crippen LogP contribution in [-0.4, -0.2) is 51.7 Å². The first kappa shape index (κ1) is 22.8. The minimum Gasteiger partial charge on any atom is -0.481 e. The number of carboxylic acid groups (broad SMARTS) is 2. The van der Waals surface area contributed by atoms with Crippen molar-refractivity contribution in [3.8, 4) is 0 Å². The standard InChI is InChI=1S/C17H22FN4O6/c18-13-10-11(6-9-19-13)15(25)20-7-2-1-3-8-21-17(28)22-12(16(26)27)4-5-14(23)24/h6,8-10,12H,1-5,7H2,(H,20,25)(H,23,24)(H,26,27)(H2,21,22,28)/i18-1. The fourth-order valence-corrected chi connectivity index (χ4v) is 2.11. The summed E-state index contributed by atoms with van der Waals surface area (Å²) in [5.41, 5.74) is 0.174. The summed E-state index contributed by atoms with van der Waals surface area (Å²) in [4.78, 5) is 48.2. The van der Waals surface area contributed by atoms with E-state index in [1.54, 1.807) is 0 Å². The van der Waals surface area contributed by atoms with Crippen LogP contribution in [-0.2, 0) is 9.59 Å². The minimum absolute atomic E-state index is 0.174. The third-order valence-electron chi connectivity index (χ3n) is 3.53. The average Bonchev–Trinajstić information content (AvgIpc) is 2.63. The molecule has 1 atom stereocenters. The molecule has 0 aliphatic rings. The molecule has 1 unspecified atom stereocenters. The molecule has 0 bridgehead atoms. The zero-order chi connectivity index (χ0) is 20.9. The molecule has 0 saturated heterocycles. The zero-order valence-corrected chi connectivity index (χ0v) is 15.0. The number of carbonyl (C=O) groups excluding carboxylic acids is 2. The van der Waals surface area contributed by atoms with Gasteiger partial charge < -0.3 is 26.2 Å². The molecule has 0 saturated carbocycles. The van der Waals surface area contributed by atoms with Crippen LogP contribution < -0.4 is 16.0 Å². The van der Waals surface area contributed by atoms with E-state index in [1.165, 1.54) is 18.8 Å². The molecule has 0 spiro atoms. The number of rotatable bonds is 12. The fraction of sp³-hybridized carbons (Fsp3) is 0.412. The summed E-state index contributed by atoms with van der Waals surface area (Å²) in [5, 5.41) is 24.7. The number of hydrogen-bond acceptors (Lipinski definition) is 5. The number of unbranched alkanes of at least 4 members (excludes halogenated alkanes) is 2. The van der Waals surface area contributed by atoms with Crippen LogP contribution in [0.15, 0.2) is 18.3 Å². The maximum atomic E-state index is 12.9. The fourth-order valence-electron chi connectivity index (χ4n) is 2.11. The second kappa shape index (κ2) is 12.2. The number of carboxylic acids is 2. The lowest BCUT2D eigenvalue weighted by Gasteiger charge is -2.14. The van der Waals surface area contributed by atoms with E-state index in [0.717, 1.165) is 6.07 Å². The number of amides is 3. The van der Waals surface area contributed by atoms with Crippen LogP contribution >= 0.6 is 0 Å². The molecule has 0 aromatic carbocycles. The largest absolute Gasteiger partial charge is 0.481 e.